The lowest BCUT2D eigenvalue weighted by Crippen LogP contribution is -2.19. The molecule has 6 aromatic carbocycles. The number of allylic oxidation sites excluding steroid dienone is 4. The first-order chi connectivity index (χ1) is 25.9. The molecule has 2 nitrogen and oxygen atoms in total. The van der Waals surface area contributed by atoms with E-state index < -0.39 is 0 Å². The molecule has 0 N–H and O–H groups in total. The Morgan fingerprint density at radius 3 is 2.30 bits per heavy atom. The fraction of sp³-hybridized carbons (Fsp3) is 0.176. The maximum Gasteiger partial charge on any atom is 0.143 e. The van der Waals surface area contributed by atoms with Gasteiger partial charge in [-0.25, -0.2) is 0 Å². The van der Waals surface area contributed by atoms with Crippen molar-refractivity contribution in [1.82, 2.24) is 0 Å². The summed E-state index contributed by atoms with van der Waals surface area (Å²) in [5.74, 6) is 0.539. The summed E-state index contributed by atoms with van der Waals surface area (Å²) in [6, 6.07) is 48.9. The summed E-state index contributed by atoms with van der Waals surface area (Å²) in [7, 11) is 0. The molecule has 2 aliphatic carbocycles. The monoisotopic (exact) mass is 687 g/mol. The van der Waals surface area contributed by atoms with E-state index in [0.29, 0.717) is 12.5 Å². The van der Waals surface area contributed by atoms with Gasteiger partial charge >= 0.3 is 0 Å². The Morgan fingerprint density at radius 2 is 1.45 bits per heavy atom. The average molecular weight is 688 g/mol. The Hall–Kier alpha value is -5.86. The van der Waals surface area contributed by atoms with Gasteiger partial charge in [-0.05, 0) is 99.2 Å². The molecule has 0 saturated heterocycles. The number of para-hydroxylation sites is 2. The standard InChI is InChI=1S/C51H45NO/c1-5-14-35(41-20-12-21-46-45-19-9-11-23-49(45)53-50(41)46)15-13-32-52(38-29-31-44-43-18-8-10-22-47(43)51(3,4)48(44)33-38)37-27-25-36(26-28-37)40-30-24-34(2)39-16-6-7-17-42(39)40/h6-23,25-31,33-34H,5,24,32H2,1-4H3/b15-13-,35-14+. The van der Waals surface area contributed by atoms with Crippen molar-refractivity contribution in [3.05, 3.63) is 191 Å². The van der Waals surface area contributed by atoms with Gasteiger partial charge in [0.1, 0.15) is 11.2 Å². The molecule has 0 radical (unpaired) electrons. The summed E-state index contributed by atoms with van der Waals surface area (Å²) in [6.07, 6.45) is 11.3. The van der Waals surface area contributed by atoms with Gasteiger partial charge in [-0.2, -0.15) is 0 Å². The summed E-state index contributed by atoms with van der Waals surface area (Å²) in [5, 5.41) is 2.31. The van der Waals surface area contributed by atoms with Crippen LogP contribution in [0, 0.1) is 0 Å². The third-order valence-electron chi connectivity index (χ3n) is 11.6. The van der Waals surface area contributed by atoms with Crippen molar-refractivity contribution in [1.29, 1.82) is 0 Å². The second kappa shape index (κ2) is 13.3. The Morgan fingerprint density at radius 1 is 0.736 bits per heavy atom. The molecule has 0 spiro atoms. The molecule has 1 heterocycles. The minimum atomic E-state index is -0.0758. The molecular formula is C51H45NO. The minimum Gasteiger partial charge on any atom is -0.455 e. The van der Waals surface area contributed by atoms with Crippen LogP contribution in [0.25, 0.3) is 44.2 Å². The topological polar surface area (TPSA) is 16.4 Å². The number of nitrogens with zero attached hydrogens (tertiary/aromatic N) is 1. The van der Waals surface area contributed by atoms with Gasteiger partial charge in [0.2, 0.25) is 0 Å². The van der Waals surface area contributed by atoms with E-state index in [-0.39, 0.29) is 5.41 Å². The van der Waals surface area contributed by atoms with Crippen LogP contribution in [-0.4, -0.2) is 6.54 Å². The zero-order chi connectivity index (χ0) is 36.1. The van der Waals surface area contributed by atoms with Crippen LogP contribution in [0.3, 0.4) is 0 Å². The van der Waals surface area contributed by atoms with Crippen molar-refractivity contribution in [3.63, 3.8) is 0 Å². The summed E-state index contributed by atoms with van der Waals surface area (Å²) >= 11 is 0. The fourth-order valence-corrected chi connectivity index (χ4v) is 8.77. The van der Waals surface area contributed by atoms with Gasteiger partial charge in [0.15, 0.2) is 0 Å². The first-order valence-corrected chi connectivity index (χ1v) is 19.1. The summed E-state index contributed by atoms with van der Waals surface area (Å²) in [4.78, 5) is 2.45. The minimum absolute atomic E-state index is 0.0758. The number of benzene rings is 6. The first-order valence-electron chi connectivity index (χ1n) is 19.1. The van der Waals surface area contributed by atoms with Crippen molar-refractivity contribution < 1.29 is 4.42 Å². The normalized spacial score (nSPS) is 16.1. The molecule has 1 atom stereocenters. The average Bonchev–Trinajstić information content (AvgIpc) is 3.69. The van der Waals surface area contributed by atoms with Crippen molar-refractivity contribution in [2.45, 2.75) is 51.9 Å². The van der Waals surface area contributed by atoms with Crippen LogP contribution in [0.4, 0.5) is 11.4 Å². The van der Waals surface area contributed by atoms with E-state index in [9.17, 15) is 0 Å². The van der Waals surface area contributed by atoms with Crippen LogP contribution in [-0.2, 0) is 5.41 Å². The van der Waals surface area contributed by atoms with Gasteiger partial charge < -0.3 is 9.32 Å². The molecule has 1 unspecified atom stereocenters. The van der Waals surface area contributed by atoms with Crippen molar-refractivity contribution in [2.75, 3.05) is 11.4 Å². The molecule has 53 heavy (non-hydrogen) atoms. The smallest absolute Gasteiger partial charge is 0.143 e. The van der Waals surface area contributed by atoms with Gasteiger partial charge in [0.05, 0.1) is 0 Å². The highest BCUT2D eigenvalue weighted by Gasteiger charge is 2.35. The van der Waals surface area contributed by atoms with Gasteiger partial charge in [0, 0.05) is 39.7 Å². The van der Waals surface area contributed by atoms with Gasteiger partial charge in [-0.1, -0.05) is 155 Å². The largest absolute Gasteiger partial charge is 0.455 e. The highest BCUT2D eigenvalue weighted by atomic mass is 16.3. The van der Waals surface area contributed by atoms with Gasteiger partial charge in [0.25, 0.3) is 0 Å². The summed E-state index contributed by atoms with van der Waals surface area (Å²) < 4.78 is 6.47. The maximum absolute atomic E-state index is 6.47. The maximum atomic E-state index is 6.47. The second-order valence-electron chi connectivity index (χ2n) is 15.2. The Labute approximate surface area is 313 Å². The van der Waals surface area contributed by atoms with E-state index in [1.165, 1.54) is 61.5 Å². The highest BCUT2D eigenvalue weighted by Crippen LogP contribution is 2.50. The van der Waals surface area contributed by atoms with Crippen molar-refractivity contribution in [2.24, 2.45) is 0 Å². The zero-order valence-electron chi connectivity index (χ0n) is 31.1. The predicted octanol–water partition coefficient (Wildman–Crippen LogP) is 14.0. The molecular weight excluding hydrogens is 643 g/mol. The first kappa shape index (κ1) is 33.0. The number of hydrogen-bond acceptors (Lipinski definition) is 2. The molecule has 0 amide bonds. The van der Waals surface area contributed by atoms with Crippen LogP contribution in [0.2, 0.25) is 0 Å². The molecule has 9 rings (SSSR count). The molecule has 7 aromatic rings. The third-order valence-corrected chi connectivity index (χ3v) is 11.6. The highest BCUT2D eigenvalue weighted by molar-refractivity contribution is 6.08. The molecule has 2 aliphatic rings. The summed E-state index contributed by atoms with van der Waals surface area (Å²) in [6.45, 7) is 9.96. The number of anilines is 2. The summed E-state index contributed by atoms with van der Waals surface area (Å²) in [5.41, 5.74) is 17.3. The van der Waals surface area contributed by atoms with Crippen molar-refractivity contribution in [3.8, 4) is 11.1 Å². The number of hydrogen-bond donors (Lipinski definition) is 0. The van der Waals surface area contributed by atoms with Crippen LogP contribution in [0.1, 0.15) is 79.8 Å². The van der Waals surface area contributed by atoms with E-state index in [1.807, 2.05) is 6.07 Å². The lowest BCUT2D eigenvalue weighted by Gasteiger charge is -2.28. The number of fused-ring (bicyclic) bond motifs is 7. The number of furan rings is 1. The zero-order valence-corrected chi connectivity index (χ0v) is 31.1. The van der Waals surface area contributed by atoms with Crippen LogP contribution in [0.15, 0.2) is 162 Å². The second-order valence-corrected chi connectivity index (χ2v) is 15.2. The third kappa shape index (κ3) is 5.65. The molecule has 1 aromatic heterocycles. The van der Waals surface area contributed by atoms with Gasteiger partial charge in [-0.3, -0.25) is 0 Å². The predicted molar refractivity (Wildman–Crippen MR) is 225 cm³/mol. The van der Waals surface area contributed by atoms with E-state index in [2.05, 4.69) is 184 Å². The SMILES string of the molecule is CC/C=C(\C=C/CN(c1ccc(C2=CCC(C)c3ccccc32)cc1)c1ccc2c(c1)C(C)(C)c1ccccc1-2)c1cccc2c1oc1ccccc12. The Balaban J connectivity index is 1.10. The Bertz CT molecular complexity index is 2590. The van der Waals surface area contributed by atoms with Crippen LogP contribution < -0.4 is 4.90 Å². The quantitative estimate of drug-likeness (QED) is 0.148. The molecule has 0 aliphatic heterocycles. The van der Waals surface area contributed by atoms with E-state index in [0.717, 1.165) is 40.3 Å². The Kier molecular flexibility index (Phi) is 8.27. The van der Waals surface area contributed by atoms with E-state index >= 15 is 0 Å². The molecule has 0 bridgehead atoms. The number of rotatable bonds is 8. The van der Waals surface area contributed by atoms with Crippen LogP contribution >= 0.6 is 0 Å². The molecule has 0 saturated carbocycles. The van der Waals surface area contributed by atoms with Gasteiger partial charge in [-0.15, -0.1) is 0 Å². The molecule has 2 heteroatoms. The van der Waals surface area contributed by atoms with Crippen LogP contribution in [0.5, 0.6) is 0 Å². The van der Waals surface area contributed by atoms with E-state index in [4.69, 9.17) is 4.42 Å². The molecule has 260 valence electrons. The lowest BCUT2D eigenvalue weighted by molar-refractivity contribution is 0.660. The van der Waals surface area contributed by atoms with Crippen molar-refractivity contribution >= 4 is 44.5 Å². The van der Waals surface area contributed by atoms with E-state index in [1.54, 1.807) is 0 Å². The fourth-order valence-electron chi connectivity index (χ4n) is 8.77. The molecule has 0 fully saturated rings. The lowest BCUT2D eigenvalue weighted by atomic mass is 9.81.